The van der Waals surface area contributed by atoms with Gasteiger partial charge >= 0.3 is 0 Å². The minimum absolute atomic E-state index is 0.959. The lowest BCUT2D eigenvalue weighted by molar-refractivity contribution is 0.478. The van der Waals surface area contributed by atoms with Gasteiger partial charge in [0.1, 0.15) is 0 Å². The zero-order chi connectivity index (χ0) is 8.97. The van der Waals surface area contributed by atoms with Crippen molar-refractivity contribution in [2.45, 2.75) is 19.8 Å². The van der Waals surface area contributed by atoms with Crippen LogP contribution >= 0.6 is 0 Å². The second kappa shape index (κ2) is 3.85. The fourth-order valence-electron chi connectivity index (χ4n) is 1.06. The lowest BCUT2D eigenvalue weighted by Crippen LogP contribution is -2.12. The van der Waals surface area contributed by atoms with E-state index in [1.54, 1.807) is 11.2 Å². The van der Waals surface area contributed by atoms with Gasteiger partial charge in [0.05, 0.1) is 5.70 Å². The van der Waals surface area contributed by atoms with Crippen LogP contribution in [0.4, 0.5) is 0 Å². The third-order valence-corrected chi connectivity index (χ3v) is 1.80. The fraction of sp³-hybridized carbons (Fsp3) is 0.333. The number of rotatable bonds is 3. The van der Waals surface area contributed by atoms with Crippen molar-refractivity contribution >= 4 is 12.4 Å². The first-order valence-corrected chi connectivity index (χ1v) is 3.88. The minimum Gasteiger partial charge on any atom is -0.264 e. The summed E-state index contributed by atoms with van der Waals surface area (Å²) in [5.74, 6) is 0. The number of hydrazone groups is 1. The Hall–Kier alpha value is -1.38. The van der Waals surface area contributed by atoms with E-state index in [0.717, 1.165) is 24.3 Å². The predicted molar refractivity (Wildman–Crippen MR) is 52.0 cm³/mol. The third-order valence-electron chi connectivity index (χ3n) is 1.80. The van der Waals surface area contributed by atoms with Crippen molar-refractivity contribution in [3.8, 4) is 0 Å². The fourth-order valence-corrected chi connectivity index (χ4v) is 1.06. The standard InChI is InChI=1S/C9H13N3/c1-4-12(10-3)9-6-5-8(2)11-7-9/h4,7H,1,3,5-6H2,2H3. The predicted octanol–water partition coefficient (Wildman–Crippen LogP) is 2.14. The van der Waals surface area contributed by atoms with Gasteiger partial charge in [-0.2, -0.15) is 5.10 Å². The number of aliphatic imine (C=N–C) groups is 1. The average Bonchev–Trinajstić information content (AvgIpc) is 2.10. The van der Waals surface area contributed by atoms with Gasteiger partial charge in [0, 0.05) is 24.8 Å². The zero-order valence-corrected chi connectivity index (χ0v) is 7.32. The molecule has 1 aliphatic rings. The molecule has 0 unspecified atom stereocenters. The highest BCUT2D eigenvalue weighted by atomic mass is 15.4. The molecule has 0 aromatic rings. The summed E-state index contributed by atoms with van der Waals surface area (Å²) in [5, 5.41) is 5.43. The molecule has 1 rings (SSSR count). The van der Waals surface area contributed by atoms with Gasteiger partial charge in [-0.25, -0.2) is 5.01 Å². The minimum atomic E-state index is 0.959. The first-order chi connectivity index (χ1) is 5.77. The van der Waals surface area contributed by atoms with Gasteiger partial charge in [-0.05, 0) is 19.8 Å². The smallest absolute Gasteiger partial charge is 0.0605 e. The van der Waals surface area contributed by atoms with E-state index in [4.69, 9.17) is 0 Å². The van der Waals surface area contributed by atoms with E-state index in [2.05, 4.69) is 23.4 Å². The molecule has 0 saturated carbocycles. The van der Waals surface area contributed by atoms with Gasteiger partial charge in [-0.1, -0.05) is 6.58 Å². The zero-order valence-electron chi connectivity index (χ0n) is 7.32. The van der Waals surface area contributed by atoms with Crippen LogP contribution in [0.25, 0.3) is 0 Å². The van der Waals surface area contributed by atoms with Crippen LogP contribution in [-0.4, -0.2) is 17.4 Å². The Bertz CT molecular complexity index is 242. The monoisotopic (exact) mass is 163 g/mol. The molecule has 0 fully saturated rings. The van der Waals surface area contributed by atoms with E-state index in [9.17, 15) is 0 Å². The molecule has 0 aliphatic carbocycles. The van der Waals surface area contributed by atoms with E-state index in [-0.39, 0.29) is 0 Å². The van der Waals surface area contributed by atoms with Gasteiger partial charge in [0.15, 0.2) is 0 Å². The molecule has 64 valence electrons. The van der Waals surface area contributed by atoms with E-state index < -0.39 is 0 Å². The second-order valence-corrected chi connectivity index (χ2v) is 2.65. The van der Waals surface area contributed by atoms with Gasteiger partial charge in [0.2, 0.25) is 0 Å². The van der Waals surface area contributed by atoms with Crippen LogP contribution in [0.5, 0.6) is 0 Å². The van der Waals surface area contributed by atoms with Crippen molar-refractivity contribution in [1.29, 1.82) is 0 Å². The number of nitrogens with zero attached hydrogens (tertiary/aromatic N) is 3. The van der Waals surface area contributed by atoms with Crippen molar-refractivity contribution in [2.75, 3.05) is 0 Å². The summed E-state index contributed by atoms with van der Waals surface area (Å²) >= 11 is 0. The normalized spacial score (nSPS) is 16.1. The Balaban J connectivity index is 2.75. The van der Waals surface area contributed by atoms with Crippen molar-refractivity contribution in [3.05, 3.63) is 24.7 Å². The van der Waals surface area contributed by atoms with Gasteiger partial charge in [-0.3, -0.25) is 4.99 Å². The maximum absolute atomic E-state index is 4.21. The van der Waals surface area contributed by atoms with Crippen molar-refractivity contribution < 1.29 is 0 Å². The molecule has 0 radical (unpaired) electrons. The SMILES string of the molecule is C=CN(N=C)C1=CN=C(C)CC1. The number of allylic oxidation sites excluding steroid dienone is 1. The summed E-state index contributed by atoms with van der Waals surface area (Å²) in [6.45, 7) is 9.09. The van der Waals surface area contributed by atoms with E-state index in [0.29, 0.717) is 0 Å². The van der Waals surface area contributed by atoms with Crippen LogP contribution in [-0.2, 0) is 0 Å². The first-order valence-electron chi connectivity index (χ1n) is 3.88. The molecule has 0 aromatic carbocycles. The van der Waals surface area contributed by atoms with Gasteiger partial charge in [-0.15, -0.1) is 0 Å². The molecule has 3 nitrogen and oxygen atoms in total. The highest BCUT2D eigenvalue weighted by Crippen LogP contribution is 2.16. The van der Waals surface area contributed by atoms with Crippen LogP contribution in [0, 0.1) is 0 Å². The Labute approximate surface area is 72.8 Å². The molecule has 1 aliphatic heterocycles. The van der Waals surface area contributed by atoms with Crippen molar-refractivity contribution in [1.82, 2.24) is 5.01 Å². The highest BCUT2D eigenvalue weighted by Gasteiger charge is 2.08. The number of hydrogen-bond donors (Lipinski definition) is 0. The van der Waals surface area contributed by atoms with E-state index >= 15 is 0 Å². The topological polar surface area (TPSA) is 28.0 Å². The quantitative estimate of drug-likeness (QED) is 0.462. The van der Waals surface area contributed by atoms with Gasteiger partial charge < -0.3 is 0 Å². The Morgan fingerprint density at radius 3 is 2.83 bits per heavy atom. The largest absolute Gasteiger partial charge is 0.264 e. The summed E-state index contributed by atoms with van der Waals surface area (Å²) in [5.41, 5.74) is 2.21. The molecule has 0 saturated heterocycles. The molecule has 0 amide bonds. The summed E-state index contributed by atoms with van der Waals surface area (Å²) in [7, 11) is 0. The molecule has 12 heavy (non-hydrogen) atoms. The number of hydrogen-bond acceptors (Lipinski definition) is 3. The van der Waals surface area contributed by atoms with Crippen LogP contribution in [0.3, 0.4) is 0 Å². The summed E-state index contributed by atoms with van der Waals surface area (Å²) < 4.78 is 0. The summed E-state index contributed by atoms with van der Waals surface area (Å²) in [6.07, 6.45) is 5.40. The summed E-state index contributed by atoms with van der Waals surface area (Å²) in [4.78, 5) is 4.21. The molecule has 0 atom stereocenters. The highest BCUT2D eigenvalue weighted by molar-refractivity contribution is 5.83. The molecule has 0 N–H and O–H groups in total. The Morgan fingerprint density at radius 1 is 1.67 bits per heavy atom. The molecule has 1 heterocycles. The summed E-state index contributed by atoms with van der Waals surface area (Å²) in [6, 6.07) is 0. The van der Waals surface area contributed by atoms with Crippen molar-refractivity contribution in [3.63, 3.8) is 0 Å². The third kappa shape index (κ3) is 1.81. The molecule has 0 bridgehead atoms. The van der Waals surface area contributed by atoms with Crippen LogP contribution < -0.4 is 0 Å². The van der Waals surface area contributed by atoms with Crippen LogP contribution in [0.2, 0.25) is 0 Å². The lowest BCUT2D eigenvalue weighted by Gasteiger charge is -2.18. The van der Waals surface area contributed by atoms with E-state index in [1.165, 1.54) is 0 Å². The molecule has 3 heteroatoms. The second-order valence-electron chi connectivity index (χ2n) is 2.65. The Morgan fingerprint density at radius 2 is 2.42 bits per heavy atom. The molecular formula is C9H13N3. The molecule has 0 spiro atoms. The maximum atomic E-state index is 4.21. The van der Waals surface area contributed by atoms with Crippen LogP contribution in [0.1, 0.15) is 19.8 Å². The first kappa shape index (κ1) is 8.71. The Kier molecular flexibility index (Phi) is 2.80. The molecule has 0 aromatic heterocycles. The molecular weight excluding hydrogens is 150 g/mol. The van der Waals surface area contributed by atoms with E-state index in [1.807, 2.05) is 13.1 Å². The lowest BCUT2D eigenvalue weighted by atomic mass is 10.1. The van der Waals surface area contributed by atoms with Crippen molar-refractivity contribution in [2.24, 2.45) is 10.1 Å². The average molecular weight is 163 g/mol. The van der Waals surface area contributed by atoms with Gasteiger partial charge in [0.25, 0.3) is 0 Å². The maximum Gasteiger partial charge on any atom is 0.0605 e. The van der Waals surface area contributed by atoms with Crippen LogP contribution in [0.15, 0.2) is 34.8 Å².